The molecular formula is C76H52N8. The zero-order chi connectivity index (χ0) is 55.5. The summed E-state index contributed by atoms with van der Waals surface area (Å²) in [7, 11) is 0. The van der Waals surface area contributed by atoms with Crippen LogP contribution in [0.4, 0.5) is 51.3 Å². The molecular weight excluding hydrogens is 1020 g/mol. The Balaban J connectivity index is 0.975. The molecule has 0 aliphatic heterocycles. The molecule has 12 aromatic carbocycles. The predicted molar refractivity (Wildman–Crippen MR) is 349 cm³/mol. The van der Waals surface area contributed by atoms with Crippen LogP contribution in [-0.2, 0) is 0 Å². The lowest BCUT2D eigenvalue weighted by atomic mass is 10.1. The largest absolute Gasteiger partial charge is 0.310 e. The van der Waals surface area contributed by atoms with Crippen LogP contribution in [0.25, 0.3) is 82.9 Å². The molecule has 396 valence electrons. The molecule has 0 fully saturated rings. The lowest BCUT2D eigenvalue weighted by Crippen LogP contribution is -2.15. The van der Waals surface area contributed by atoms with Crippen LogP contribution in [0, 0.1) is 0 Å². The van der Waals surface area contributed by atoms with Crippen molar-refractivity contribution >= 4 is 117 Å². The van der Waals surface area contributed by atoms with Crippen LogP contribution in [0.1, 0.15) is 0 Å². The summed E-state index contributed by atoms with van der Waals surface area (Å²) >= 11 is 0. The summed E-state index contributed by atoms with van der Waals surface area (Å²) in [6.45, 7) is 0. The van der Waals surface area contributed by atoms with Gasteiger partial charge >= 0.3 is 0 Å². The quantitative estimate of drug-likeness (QED) is 0.122. The number of fused-ring (bicyclic) bond motifs is 9. The molecule has 8 heteroatoms. The van der Waals surface area contributed by atoms with Crippen LogP contribution in [-0.4, -0.2) is 23.7 Å². The Labute approximate surface area is 485 Å². The lowest BCUT2D eigenvalue weighted by molar-refractivity contribution is 0.941. The van der Waals surface area contributed by atoms with Crippen molar-refractivity contribution < 1.29 is 0 Å². The number of nitrogens with zero attached hydrogens (tertiary/aromatic N) is 8. The Morgan fingerprint density at radius 2 is 0.560 bits per heavy atom. The van der Waals surface area contributed by atoms with Gasteiger partial charge < -0.3 is 14.4 Å². The van der Waals surface area contributed by atoms with Crippen molar-refractivity contribution in [3.8, 4) is 17.5 Å². The standard InChI is InChI=1S/C76H52N8/c1-7-25-53(26-8-1)79(54-27-9-2-10-28-54)59-44-48-72-67(49-59)64-39-21-24-42-70(64)84(72)76-77-74(81(57-33-15-5-16-34-57)60-45-47-71-66(50-60)63-38-20-22-40-68(63)82(71)58-35-17-6-18-36-58)52-75(78-76)83-69-41-23-19-37-62(69)65-46-43-61(51-73(65)83)80(55-29-11-3-12-30-55)56-31-13-4-14-32-56/h1-52H. The molecule has 4 heterocycles. The highest BCUT2D eigenvalue weighted by molar-refractivity contribution is 6.13. The minimum absolute atomic E-state index is 0.532. The van der Waals surface area contributed by atoms with E-state index in [9.17, 15) is 0 Å². The molecule has 84 heavy (non-hydrogen) atoms. The van der Waals surface area contributed by atoms with Gasteiger partial charge in [0.1, 0.15) is 11.6 Å². The molecule has 16 aromatic rings. The van der Waals surface area contributed by atoms with Gasteiger partial charge in [-0.1, -0.05) is 170 Å². The van der Waals surface area contributed by atoms with E-state index in [1.165, 1.54) is 5.39 Å². The van der Waals surface area contributed by atoms with Gasteiger partial charge in [-0.3, -0.25) is 14.0 Å². The molecule has 0 saturated heterocycles. The van der Waals surface area contributed by atoms with Gasteiger partial charge in [0.15, 0.2) is 0 Å². The van der Waals surface area contributed by atoms with Crippen molar-refractivity contribution in [3.63, 3.8) is 0 Å². The zero-order valence-corrected chi connectivity index (χ0v) is 45.6. The third kappa shape index (κ3) is 8.15. The highest BCUT2D eigenvalue weighted by Crippen LogP contribution is 2.45. The highest BCUT2D eigenvalue weighted by atomic mass is 15.3. The van der Waals surface area contributed by atoms with Crippen LogP contribution in [0.2, 0.25) is 0 Å². The molecule has 0 bridgehead atoms. The van der Waals surface area contributed by atoms with E-state index in [1.54, 1.807) is 0 Å². The summed E-state index contributed by atoms with van der Waals surface area (Å²) in [5.74, 6) is 1.95. The third-order valence-electron chi connectivity index (χ3n) is 16.2. The predicted octanol–water partition coefficient (Wildman–Crippen LogP) is 20.2. The first-order chi connectivity index (χ1) is 41.7. The molecule has 0 spiro atoms. The number of rotatable bonds is 12. The van der Waals surface area contributed by atoms with E-state index in [1.807, 2.05) is 0 Å². The second kappa shape index (κ2) is 20.3. The molecule has 0 N–H and O–H groups in total. The van der Waals surface area contributed by atoms with Crippen molar-refractivity contribution in [1.29, 1.82) is 0 Å². The monoisotopic (exact) mass is 1080 g/mol. The zero-order valence-electron chi connectivity index (χ0n) is 45.6. The molecule has 4 aromatic heterocycles. The van der Waals surface area contributed by atoms with E-state index in [2.05, 4.69) is 344 Å². The number of benzene rings is 12. The average Bonchev–Trinajstić information content (AvgIpc) is 4.00. The molecule has 0 radical (unpaired) electrons. The molecule has 16 rings (SSSR count). The van der Waals surface area contributed by atoms with Gasteiger partial charge in [-0.05, 0) is 140 Å². The van der Waals surface area contributed by atoms with E-state index in [0.717, 1.165) is 111 Å². The number of aromatic nitrogens is 5. The molecule has 0 aliphatic rings. The van der Waals surface area contributed by atoms with E-state index in [4.69, 9.17) is 9.97 Å². The first kappa shape index (κ1) is 48.4. The number of hydrogen-bond donors (Lipinski definition) is 0. The molecule has 8 nitrogen and oxygen atoms in total. The normalized spacial score (nSPS) is 11.6. The van der Waals surface area contributed by atoms with Gasteiger partial charge in [0.25, 0.3) is 0 Å². The Kier molecular flexibility index (Phi) is 11.7. The van der Waals surface area contributed by atoms with Gasteiger partial charge in [0.2, 0.25) is 5.95 Å². The van der Waals surface area contributed by atoms with Gasteiger partial charge in [-0.25, -0.2) is 0 Å². The van der Waals surface area contributed by atoms with Gasteiger partial charge in [0, 0.05) is 89.6 Å². The van der Waals surface area contributed by atoms with Crippen LogP contribution >= 0.6 is 0 Å². The second-order valence-corrected chi connectivity index (χ2v) is 21.1. The number of hydrogen-bond acceptors (Lipinski definition) is 5. The Morgan fingerprint density at radius 3 is 1.06 bits per heavy atom. The first-order valence-corrected chi connectivity index (χ1v) is 28.4. The fraction of sp³-hybridized carbons (Fsp3) is 0. The first-order valence-electron chi connectivity index (χ1n) is 28.4. The minimum Gasteiger partial charge on any atom is -0.310 e. The molecule has 0 amide bonds. The fourth-order valence-electron chi connectivity index (χ4n) is 12.5. The van der Waals surface area contributed by atoms with Crippen LogP contribution in [0.3, 0.4) is 0 Å². The van der Waals surface area contributed by atoms with Crippen LogP contribution < -0.4 is 14.7 Å². The number of anilines is 9. The smallest absolute Gasteiger partial charge is 0.238 e. The Morgan fingerprint density at radius 1 is 0.214 bits per heavy atom. The van der Waals surface area contributed by atoms with Crippen molar-refractivity contribution in [2.45, 2.75) is 0 Å². The maximum Gasteiger partial charge on any atom is 0.238 e. The molecule has 0 saturated carbocycles. The van der Waals surface area contributed by atoms with Crippen LogP contribution in [0.15, 0.2) is 315 Å². The molecule has 0 atom stereocenters. The number of para-hydroxylation sites is 9. The summed E-state index contributed by atoms with van der Waals surface area (Å²) in [5.41, 5.74) is 15.6. The van der Waals surface area contributed by atoms with Gasteiger partial charge in [-0.2, -0.15) is 9.97 Å². The maximum atomic E-state index is 5.82. The molecule has 0 aliphatic carbocycles. The van der Waals surface area contributed by atoms with Crippen molar-refractivity contribution in [3.05, 3.63) is 315 Å². The van der Waals surface area contributed by atoms with E-state index >= 15 is 0 Å². The van der Waals surface area contributed by atoms with Crippen LogP contribution in [0.5, 0.6) is 0 Å². The minimum atomic E-state index is 0.532. The van der Waals surface area contributed by atoms with E-state index < -0.39 is 0 Å². The van der Waals surface area contributed by atoms with Gasteiger partial charge in [-0.15, -0.1) is 0 Å². The van der Waals surface area contributed by atoms with E-state index in [0.29, 0.717) is 17.6 Å². The molecule has 0 unspecified atom stereocenters. The van der Waals surface area contributed by atoms with Crippen molar-refractivity contribution in [2.75, 3.05) is 14.7 Å². The summed E-state index contributed by atoms with van der Waals surface area (Å²) in [4.78, 5) is 18.6. The van der Waals surface area contributed by atoms with Crippen molar-refractivity contribution in [1.82, 2.24) is 23.7 Å². The Bertz CT molecular complexity index is 5000. The summed E-state index contributed by atoms with van der Waals surface area (Å²) in [6.07, 6.45) is 0. The lowest BCUT2D eigenvalue weighted by Gasteiger charge is -2.26. The average molecular weight is 1080 g/mol. The summed E-state index contributed by atoms with van der Waals surface area (Å²) in [6, 6.07) is 112. The third-order valence-corrected chi connectivity index (χ3v) is 16.2. The van der Waals surface area contributed by atoms with Gasteiger partial charge in [0.05, 0.1) is 33.1 Å². The highest BCUT2D eigenvalue weighted by Gasteiger charge is 2.26. The maximum absolute atomic E-state index is 5.82. The summed E-state index contributed by atoms with van der Waals surface area (Å²) < 4.78 is 6.95. The topological polar surface area (TPSA) is 50.3 Å². The second-order valence-electron chi connectivity index (χ2n) is 21.1. The summed E-state index contributed by atoms with van der Waals surface area (Å²) in [5, 5.41) is 6.71. The van der Waals surface area contributed by atoms with Crippen molar-refractivity contribution in [2.24, 2.45) is 0 Å². The van der Waals surface area contributed by atoms with E-state index in [-0.39, 0.29) is 0 Å². The Hall–Kier alpha value is -11.5. The fourth-order valence-corrected chi connectivity index (χ4v) is 12.5. The SMILES string of the molecule is c1ccc(N(c2ccccc2)c2ccc3c(c2)c2ccccc2n3-c2nc(N(c3ccccc3)c3ccc4c(c3)c3ccccc3n4-c3ccccc3)cc(-n3c4ccccc4c4ccc(N(c5ccccc5)c5ccccc5)cc43)n2)cc1.